The van der Waals surface area contributed by atoms with Gasteiger partial charge in [0.1, 0.15) is 5.75 Å². The Morgan fingerprint density at radius 2 is 1.86 bits per heavy atom. The summed E-state index contributed by atoms with van der Waals surface area (Å²) in [6.07, 6.45) is 10.3. The summed E-state index contributed by atoms with van der Waals surface area (Å²) < 4.78 is 11.3. The van der Waals surface area contributed by atoms with E-state index in [1.54, 1.807) is 6.20 Å². The molecule has 152 valence electrons. The Hall–Kier alpha value is -2.34. The van der Waals surface area contributed by atoms with Crippen molar-refractivity contribution >= 4 is 5.97 Å². The molecule has 1 fully saturated rings. The van der Waals surface area contributed by atoms with Gasteiger partial charge in [0.25, 0.3) is 0 Å². The number of ether oxygens (including phenoxy) is 2. The van der Waals surface area contributed by atoms with Crippen LogP contribution in [0, 0.1) is 0 Å². The third-order valence-corrected chi connectivity index (χ3v) is 5.40. The summed E-state index contributed by atoms with van der Waals surface area (Å²) in [5.41, 5.74) is 1.19. The molecule has 1 aliphatic heterocycles. The number of hydrogen-bond donors (Lipinski definition) is 2. The number of carboxylic acid groups (broad SMARTS) is 1. The number of carbonyl (C=O) groups is 1. The normalized spacial score (nSPS) is 19.0. The fraction of sp³-hybridized carbons (Fsp3) is 0.545. The lowest BCUT2D eigenvalue weighted by Crippen LogP contribution is -2.37. The largest absolute Gasteiger partial charge is 0.494 e. The maximum Gasteiger partial charge on any atom is 0.335 e. The molecule has 6 heteroatoms. The van der Waals surface area contributed by atoms with Crippen LogP contribution in [0.3, 0.4) is 0 Å². The molecule has 2 heterocycles. The Morgan fingerprint density at radius 3 is 2.50 bits per heavy atom. The van der Waals surface area contributed by atoms with Crippen LogP contribution in [0.2, 0.25) is 0 Å². The minimum atomic E-state index is -0.902. The minimum absolute atomic E-state index is 0.582. The summed E-state index contributed by atoms with van der Waals surface area (Å²) in [4.78, 5) is 11.4. The second-order valence-electron chi connectivity index (χ2n) is 7.47. The minimum Gasteiger partial charge on any atom is -0.494 e. The van der Waals surface area contributed by atoms with Gasteiger partial charge in [-0.15, -0.1) is 0 Å². The topological polar surface area (TPSA) is 84.4 Å². The lowest BCUT2D eigenvalue weighted by atomic mass is 9.93. The van der Waals surface area contributed by atoms with Gasteiger partial charge in [0.2, 0.25) is 0 Å². The van der Waals surface area contributed by atoms with Crippen molar-refractivity contribution in [3.05, 3.63) is 36.5 Å². The van der Waals surface area contributed by atoms with Crippen molar-refractivity contribution in [1.29, 1.82) is 0 Å². The van der Waals surface area contributed by atoms with Crippen LogP contribution in [0.15, 0.2) is 36.5 Å². The monoisotopic (exact) mass is 386 g/mol. The second kappa shape index (κ2) is 10.3. The summed E-state index contributed by atoms with van der Waals surface area (Å²) in [5.74, 6) is 0.0959. The average molecular weight is 386 g/mol. The van der Waals surface area contributed by atoms with Gasteiger partial charge in [-0.1, -0.05) is 25.7 Å². The van der Waals surface area contributed by atoms with Crippen LogP contribution in [-0.2, 0) is 9.53 Å². The van der Waals surface area contributed by atoms with Gasteiger partial charge >= 0.3 is 5.97 Å². The quantitative estimate of drug-likeness (QED) is 0.511. The highest BCUT2D eigenvalue weighted by Crippen LogP contribution is 2.31. The van der Waals surface area contributed by atoms with E-state index in [0.717, 1.165) is 68.6 Å². The Labute approximate surface area is 166 Å². The number of benzene rings is 1. The number of rotatable bonds is 12. The summed E-state index contributed by atoms with van der Waals surface area (Å²) in [5, 5.41) is 16.3. The molecule has 0 saturated carbocycles. The SMILES string of the molecule is O=C(O)[C@]1(CCCCCCCCOc2ccc(-c3ccn[nH]3)cc2)CCCO1. The summed E-state index contributed by atoms with van der Waals surface area (Å²) in [7, 11) is 0. The van der Waals surface area contributed by atoms with Gasteiger partial charge in [-0.25, -0.2) is 4.79 Å². The number of carboxylic acids is 1. The molecule has 3 rings (SSSR count). The molecule has 0 unspecified atom stereocenters. The van der Waals surface area contributed by atoms with E-state index in [2.05, 4.69) is 10.2 Å². The molecule has 2 aromatic rings. The van der Waals surface area contributed by atoms with E-state index in [-0.39, 0.29) is 0 Å². The number of unbranched alkanes of at least 4 members (excludes halogenated alkanes) is 5. The molecule has 1 atom stereocenters. The van der Waals surface area contributed by atoms with Crippen molar-refractivity contribution in [1.82, 2.24) is 10.2 Å². The van der Waals surface area contributed by atoms with Gasteiger partial charge < -0.3 is 14.6 Å². The number of aliphatic carboxylic acids is 1. The van der Waals surface area contributed by atoms with Gasteiger partial charge in [0.15, 0.2) is 5.60 Å². The molecule has 0 radical (unpaired) electrons. The van der Waals surface area contributed by atoms with Crippen molar-refractivity contribution in [3.8, 4) is 17.0 Å². The van der Waals surface area contributed by atoms with E-state index in [9.17, 15) is 9.90 Å². The van der Waals surface area contributed by atoms with E-state index in [4.69, 9.17) is 9.47 Å². The third kappa shape index (κ3) is 5.58. The van der Waals surface area contributed by atoms with Gasteiger partial charge in [-0.05, 0) is 68.0 Å². The molecule has 0 aliphatic carbocycles. The van der Waals surface area contributed by atoms with Crippen LogP contribution < -0.4 is 4.74 Å². The van der Waals surface area contributed by atoms with Gasteiger partial charge in [-0.2, -0.15) is 5.10 Å². The molecule has 1 aromatic carbocycles. The van der Waals surface area contributed by atoms with Crippen LogP contribution in [0.1, 0.15) is 57.8 Å². The molecule has 0 spiro atoms. The van der Waals surface area contributed by atoms with Crippen LogP contribution in [-0.4, -0.2) is 40.1 Å². The smallest absolute Gasteiger partial charge is 0.335 e. The molecule has 28 heavy (non-hydrogen) atoms. The number of nitrogens with one attached hydrogen (secondary N) is 1. The summed E-state index contributed by atoms with van der Waals surface area (Å²) in [6, 6.07) is 9.97. The number of aromatic amines is 1. The summed E-state index contributed by atoms with van der Waals surface area (Å²) >= 11 is 0. The van der Waals surface area contributed by atoms with Crippen LogP contribution in [0.25, 0.3) is 11.3 Å². The Balaban J connectivity index is 1.22. The first-order valence-corrected chi connectivity index (χ1v) is 10.3. The standard InChI is InChI=1S/C22H30N2O4/c25-21(26)22(14-7-17-28-22)13-5-3-1-2-4-6-16-27-19-10-8-18(9-11-19)20-12-15-23-24-20/h8-12,15H,1-7,13-14,16-17H2,(H,23,24)(H,25,26)/t22-/m0/s1. The first kappa shape index (κ1) is 20.4. The van der Waals surface area contributed by atoms with E-state index in [1.807, 2.05) is 30.3 Å². The Morgan fingerprint density at radius 1 is 1.11 bits per heavy atom. The van der Waals surface area contributed by atoms with Gasteiger partial charge in [0, 0.05) is 12.8 Å². The molecule has 0 bridgehead atoms. The van der Waals surface area contributed by atoms with Crippen molar-refractivity contribution in [2.24, 2.45) is 0 Å². The predicted octanol–water partition coefficient (Wildman–Crippen LogP) is 4.82. The maximum absolute atomic E-state index is 11.4. The van der Waals surface area contributed by atoms with E-state index in [0.29, 0.717) is 19.4 Å². The molecule has 6 nitrogen and oxygen atoms in total. The Kier molecular flexibility index (Phi) is 7.48. The highest BCUT2D eigenvalue weighted by Gasteiger charge is 2.41. The number of nitrogens with zero attached hydrogens (tertiary/aromatic N) is 1. The van der Waals surface area contributed by atoms with Gasteiger partial charge in [0.05, 0.1) is 12.3 Å². The number of aromatic nitrogens is 2. The highest BCUT2D eigenvalue weighted by atomic mass is 16.5. The van der Waals surface area contributed by atoms with Crippen LogP contribution in [0.5, 0.6) is 5.75 Å². The lowest BCUT2D eigenvalue weighted by Gasteiger charge is -2.22. The molecule has 2 N–H and O–H groups in total. The highest BCUT2D eigenvalue weighted by molar-refractivity contribution is 5.77. The van der Waals surface area contributed by atoms with Crippen LogP contribution >= 0.6 is 0 Å². The molecular formula is C22H30N2O4. The van der Waals surface area contributed by atoms with E-state index >= 15 is 0 Å². The Bertz CT molecular complexity index is 707. The first-order valence-electron chi connectivity index (χ1n) is 10.3. The fourth-order valence-electron chi connectivity index (χ4n) is 3.73. The van der Waals surface area contributed by atoms with Gasteiger partial charge in [-0.3, -0.25) is 5.10 Å². The van der Waals surface area contributed by atoms with Crippen molar-refractivity contribution in [2.45, 2.75) is 63.4 Å². The molecular weight excluding hydrogens is 356 g/mol. The predicted molar refractivity (Wildman–Crippen MR) is 107 cm³/mol. The number of H-pyrrole nitrogens is 1. The van der Waals surface area contributed by atoms with Crippen molar-refractivity contribution in [3.63, 3.8) is 0 Å². The van der Waals surface area contributed by atoms with Crippen molar-refractivity contribution in [2.75, 3.05) is 13.2 Å². The molecule has 1 aromatic heterocycles. The van der Waals surface area contributed by atoms with Crippen molar-refractivity contribution < 1.29 is 19.4 Å². The first-order chi connectivity index (χ1) is 13.7. The maximum atomic E-state index is 11.4. The van der Waals surface area contributed by atoms with E-state index < -0.39 is 11.6 Å². The zero-order chi connectivity index (χ0) is 19.7. The summed E-state index contributed by atoms with van der Waals surface area (Å²) in [6.45, 7) is 1.30. The fourth-order valence-corrected chi connectivity index (χ4v) is 3.73. The second-order valence-corrected chi connectivity index (χ2v) is 7.47. The molecule has 1 aliphatic rings. The third-order valence-electron chi connectivity index (χ3n) is 5.40. The zero-order valence-corrected chi connectivity index (χ0v) is 16.4. The number of hydrogen-bond acceptors (Lipinski definition) is 4. The molecule has 1 saturated heterocycles. The lowest BCUT2D eigenvalue weighted by molar-refractivity contribution is -0.161. The average Bonchev–Trinajstić information content (AvgIpc) is 3.40. The van der Waals surface area contributed by atoms with Crippen LogP contribution in [0.4, 0.5) is 0 Å². The molecule has 0 amide bonds. The zero-order valence-electron chi connectivity index (χ0n) is 16.4. The van der Waals surface area contributed by atoms with E-state index in [1.165, 1.54) is 0 Å².